The maximum Gasteiger partial charge on any atom is 0.273 e. The Morgan fingerprint density at radius 3 is 3.05 bits per heavy atom. The molecule has 2 N–H and O–H groups in total. The Balaban J connectivity index is 0.00000180. The van der Waals surface area contributed by atoms with E-state index >= 15 is 0 Å². The van der Waals surface area contributed by atoms with Crippen molar-refractivity contribution in [1.82, 2.24) is 25.6 Å². The van der Waals surface area contributed by atoms with Crippen LogP contribution in [0.1, 0.15) is 37.2 Å². The van der Waals surface area contributed by atoms with Crippen LogP contribution < -0.4 is 10.6 Å². The summed E-state index contributed by atoms with van der Waals surface area (Å²) >= 11 is 0. The van der Waals surface area contributed by atoms with Crippen LogP contribution in [0.4, 0.5) is 0 Å². The summed E-state index contributed by atoms with van der Waals surface area (Å²) in [6, 6.07) is 0.221. The molecule has 1 fully saturated rings. The number of amides is 1. The van der Waals surface area contributed by atoms with Gasteiger partial charge in [0.1, 0.15) is 0 Å². The fourth-order valence-electron chi connectivity index (χ4n) is 1.94. The number of carbonyl (C=O) groups excluding carboxylic acids is 1. The van der Waals surface area contributed by atoms with Gasteiger partial charge in [0.15, 0.2) is 5.69 Å². The molecular weight excluding hydrogens is 266 g/mol. The van der Waals surface area contributed by atoms with Gasteiger partial charge in [0.05, 0.1) is 6.20 Å². The first-order valence-electron chi connectivity index (χ1n) is 6.57. The van der Waals surface area contributed by atoms with Crippen molar-refractivity contribution in [2.75, 3.05) is 13.1 Å². The quantitative estimate of drug-likeness (QED) is 0.842. The summed E-state index contributed by atoms with van der Waals surface area (Å²) in [7, 11) is 0. The van der Waals surface area contributed by atoms with Crippen molar-refractivity contribution in [1.29, 1.82) is 0 Å². The van der Waals surface area contributed by atoms with Crippen molar-refractivity contribution in [3.63, 3.8) is 0 Å². The number of nitrogens with one attached hydrogen (secondary N) is 2. The molecule has 1 unspecified atom stereocenters. The van der Waals surface area contributed by atoms with Crippen LogP contribution >= 0.6 is 12.4 Å². The normalized spacial score (nSPS) is 18.4. The van der Waals surface area contributed by atoms with Crippen molar-refractivity contribution >= 4 is 18.3 Å². The number of aryl methyl sites for hydroxylation is 1. The highest BCUT2D eigenvalue weighted by Crippen LogP contribution is 2.03. The van der Waals surface area contributed by atoms with E-state index in [1.54, 1.807) is 10.9 Å². The molecule has 1 aromatic rings. The maximum atomic E-state index is 11.9. The van der Waals surface area contributed by atoms with Gasteiger partial charge in [-0.3, -0.25) is 9.48 Å². The summed E-state index contributed by atoms with van der Waals surface area (Å²) in [6.45, 7) is 6.94. The predicted molar refractivity (Wildman–Crippen MR) is 75.5 cm³/mol. The second-order valence-corrected chi connectivity index (χ2v) is 5.21. The zero-order valence-electron chi connectivity index (χ0n) is 11.4. The van der Waals surface area contributed by atoms with E-state index in [0.29, 0.717) is 11.6 Å². The number of halogens is 1. The number of nitrogens with zero attached hydrogens (tertiary/aromatic N) is 3. The lowest BCUT2D eigenvalue weighted by Crippen LogP contribution is -2.36. The molecule has 1 atom stereocenters. The molecule has 2 heterocycles. The van der Waals surface area contributed by atoms with Crippen molar-refractivity contribution in [3.05, 3.63) is 11.9 Å². The lowest BCUT2D eigenvalue weighted by molar-refractivity contribution is 0.0935. The third kappa shape index (κ3) is 4.80. The highest BCUT2D eigenvalue weighted by molar-refractivity contribution is 5.92. The first-order chi connectivity index (χ1) is 8.65. The Hall–Kier alpha value is -1.14. The van der Waals surface area contributed by atoms with Gasteiger partial charge in [-0.05, 0) is 25.3 Å². The summed E-state index contributed by atoms with van der Waals surface area (Å²) in [4.78, 5) is 11.9. The lowest BCUT2D eigenvalue weighted by atomic mass is 10.1. The van der Waals surface area contributed by atoms with Crippen LogP contribution in [-0.2, 0) is 6.54 Å². The molecular formula is C12H22ClN5O. The largest absolute Gasteiger partial charge is 0.347 e. The van der Waals surface area contributed by atoms with E-state index in [4.69, 9.17) is 0 Å². The predicted octanol–water partition coefficient (Wildman–Crippen LogP) is 0.838. The zero-order valence-corrected chi connectivity index (χ0v) is 12.2. The molecule has 1 amide bonds. The van der Waals surface area contributed by atoms with Crippen LogP contribution in [0.2, 0.25) is 0 Å². The second kappa shape index (κ2) is 7.45. The van der Waals surface area contributed by atoms with E-state index in [-0.39, 0.29) is 24.4 Å². The van der Waals surface area contributed by atoms with Crippen LogP contribution in [0.25, 0.3) is 0 Å². The third-order valence-corrected chi connectivity index (χ3v) is 3.10. The molecule has 0 bridgehead atoms. The highest BCUT2D eigenvalue weighted by Gasteiger charge is 2.19. The first kappa shape index (κ1) is 15.9. The van der Waals surface area contributed by atoms with Crippen molar-refractivity contribution < 1.29 is 4.79 Å². The van der Waals surface area contributed by atoms with Gasteiger partial charge in [-0.2, -0.15) is 0 Å². The minimum absolute atomic E-state index is 0. The minimum Gasteiger partial charge on any atom is -0.347 e. The number of rotatable bonds is 5. The first-order valence-corrected chi connectivity index (χ1v) is 6.57. The zero-order chi connectivity index (χ0) is 13.0. The van der Waals surface area contributed by atoms with E-state index in [1.165, 1.54) is 0 Å². The van der Waals surface area contributed by atoms with E-state index in [0.717, 1.165) is 32.5 Å². The fourth-order valence-corrected chi connectivity index (χ4v) is 1.94. The molecule has 0 aliphatic carbocycles. The van der Waals surface area contributed by atoms with Gasteiger partial charge in [0.2, 0.25) is 0 Å². The van der Waals surface area contributed by atoms with E-state index in [2.05, 4.69) is 34.8 Å². The molecule has 0 aromatic carbocycles. The molecule has 6 nitrogen and oxygen atoms in total. The van der Waals surface area contributed by atoms with Crippen LogP contribution in [0, 0.1) is 5.92 Å². The number of aromatic nitrogens is 3. The topological polar surface area (TPSA) is 71.8 Å². The SMILES string of the molecule is CC(C)CCn1cc(C(=O)NC2CCNC2)nn1.Cl. The standard InChI is InChI=1S/C12H21N5O.ClH/c1-9(2)4-6-17-8-11(15-16-17)12(18)14-10-3-5-13-7-10;/h8-10,13H,3-7H2,1-2H3,(H,14,18);1H. The average molecular weight is 288 g/mol. The van der Waals surface area contributed by atoms with Crippen molar-refractivity contribution in [2.45, 2.75) is 39.3 Å². The Morgan fingerprint density at radius 1 is 1.63 bits per heavy atom. The molecule has 7 heteroatoms. The van der Waals surface area contributed by atoms with Crippen LogP contribution in [-0.4, -0.2) is 40.0 Å². The van der Waals surface area contributed by atoms with Gasteiger partial charge >= 0.3 is 0 Å². The summed E-state index contributed by atoms with van der Waals surface area (Å²) in [5, 5.41) is 14.1. The van der Waals surface area contributed by atoms with Gasteiger partial charge in [-0.25, -0.2) is 0 Å². The van der Waals surface area contributed by atoms with Crippen LogP contribution in [0.15, 0.2) is 6.20 Å². The maximum absolute atomic E-state index is 11.9. The van der Waals surface area contributed by atoms with Crippen LogP contribution in [0.5, 0.6) is 0 Å². The summed E-state index contributed by atoms with van der Waals surface area (Å²) in [5.41, 5.74) is 0.408. The van der Waals surface area contributed by atoms with Crippen molar-refractivity contribution in [2.24, 2.45) is 5.92 Å². The van der Waals surface area contributed by atoms with Gasteiger partial charge in [0.25, 0.3) is 5.91 Å². The van der Waals surface area contributed by atoms with Gasteiger partial charge in [-0.1, -0.05) is 19.1 Å². The molecule has 1 aliphatic rings. The third-order valence-electron chi connectivity index (χ3n) is 3.10. The molecule has 0 saturated carbocycles. The molecule has 108 valence electrons. The molecule has 19 heavy (non-hydrogen) atoms. The Bertz CT molecular complexity index is 401. The molecule has 1 saturated heterocycles. The van der Waals surface area contributed by atoms with E-state index < -0.39 is 0 Å². The second-order valence-electron chi connectivity index (χ2n) is 5.21. The van der Waals surface area contributed by atoms with Gasteiger partial charge < -0.3 is 10.6 Å². The number of hydrogen-bond acceptors (Lipinski definition) is 4. The molecule has 1 aliphatic heterocycles. The highest BCUT2D eigenvalue weighted by atomic mass is 35.5. The molecule has 0 radical (unpaired) electrons. The number of hydrogen-bond donors (Lipinski definition) is 2. The minimum atomic E-state index is -0.125. The van der Waals surface area contributed by atoms with E-state index in [1.807, 2.05) is 0 Å². The Labute approximate surface area is 119 Å². The Morgan fingerprint density at radius 2 is 2.42 bits per heavy atom. The van der Waals surface area contributed by atoms with Gasteiger partial charge in [0, 0.05) is 19.1 Å². The molecule has 0 spiro atoms. The average Bonchev–Trinajstić information content (AvgIpc) is 2.96. The summed E-state index contributed by atoms with van der Waals surface area (Å²) < 4.78 is 1.74. The monoisotopic (exact) mass is 287 g/mol. The lowest BCUT2D eigenvalue weighted by Gasteiger charge is -2.08. The summed E-state index contributed by atoms with van der Waals surface area (Å²) in [5.74, 6) is 0.496. The van der Waals surface area contributed by atoms with E-state index in [9.17, 15) is 4.79 Å². The van der Waals surface area contributed by atoms with Crippen molar-refractivity contribution in [3.8, 4) is 0 Å². The van der Waals surface area contributed by atoms with Gasteiger partial charge in [-0.15, -0.1) is 17.5 Å². The summed E-state index contributed by atoms with van der Waals surface area (Å²) in [6.07, 6.45) is 3.74. The number of carbonyl (C=O) groups is 1. The molecule has 1 aromatic heterocycles. The fraction of sp³-hybridized carbons (Fsp3) is 0.750. The smallest absolute Gasteiger partial charge is 0.273 e. The van der Waals surface area contributed by atoms with Crippen LogP contribution in [0.3, 0.4) is 0 Å². The Kier molecular flexibility index (Phi) is 6.24. The molecule has 2 rings (SSSR count).